The third kappa shape index (κ3) is 3.17. The first-order valence-corrected chi connectivity index (χ1v) is 8.24. The lowest BCUT2D eigenvalue weighted by atomic mass is 10.2. The zero-order valence-electron chi connectivity index (χ0n) is 14.3. The molecule has 0 aliphatic rings. The van der Waals surface area contributed by atoms with Gasteiger partial charge in [0.25, 0.3) is 5.56 Å². The highest BCUT2D eigenvalue weighted by Gasteiger charge is 2.18. The average molecular weight is 340 g/mol. The van der Waals surface area contributed by atoms with Crippen LogP contribution < -0.4 is 11.2 Å². The Hall–Kier alpha value is -2.96. The lowest BCUT2D eigenvalue weighted by Gasteiger charge is -2.12. The SMILES string of the molecule is CCCn1c(=O)n(Cc2ccccc2)c(=O)c2c1ncn2CC(C)=O. The number of aryl methyl sites for hydroxylation is 1. The third-order valence-electron chi connectivity index (χ3n) is 4.01. The molecule has 0 radical (unpaired) electrons. The normalized spacial score (nSPS) is 11.1. The predicted octanol–water partition coefficient (Wildman–Crippen LogP) is 1.41. The van der Waals surface area contributed by atoms with Gasteiger partial charge in [-0.05, 0) is 18.9 Å². The van der Waals surface area contributed by atoms with E-state index in [1.165, 1.54) is 27.0 Å². The molecular weight excluding hydrogens is 320 g/mol. The van der Waals surface area contributed by atoms with Crippen LogP contribution >= 0.6 is 0 Å². The van der Waals surface area contributed by atoms with Crippen molar-refractivity contribution in [1.82, 2.24) is 18.7 Å². The molecule has 0 aliphatic carbocycles. The maximum Gasteiger partial charge on any atom is 0.333 e. The highest BCUT2D eigenvalue weighted by molar-refractivity contribution is 5.78. The Morgan fingerprint density at radius 3 is 2.48 bits per heavy atom. The van der Waals surface area contributed by atoms with Crippen LogP contribution in [0.3, 0.4) is 0 Å². The quantitative estimate of drug-likeness (QED) is 0.679. The fourth-order valence-electron chi connectivity index (χ4n) is 2.93. The Labute approximate surface area is 144 Å². The topological polar surface area (TPSA) is 78.9 Å². The molecule has 3 rings (SSSR count). The second-order valence-corrected chi connectivity index (χ2v) is 6.06. The van der Waals surface area contributed by atoms with Gasteiger partial charge >= 0.3 is 5.69 Å². The van der Waals surface area contributed by atoms with Crippen LogP contribution in [0.2, 0.25) is 0 Å². The van der Waals surface area contributed by atoms with Gasteiger partial charge in [0.1, 0.15) is 5.78 Å². The number of fused-ring (bicyclic) bond motifs is 1. The first-order chi connectivity index (χ1) is 12.0. The number of carbonyl (C=O) groups is 1. The van der Waals surface area contributed by atoms with Crippen molar-refractivity contribution in [3.05, 3.63) is 63.1 Å². The number of ketones is 1. The van der Waals surface area contributed by atoms with E-state index in [1.54, 1.807) is 0 Å². The molecular formula is C18H20N4O3. The molecule has 0 amide bonds. The van der Waals surface area contributed by atoms with E-state index in [-0.39, 0.29) is 24.6 Å². The monoisotopic (exact) mass is 340 g/mol. The Morgan fingerprint density at radius 2 is 1.84 bits per heavy atom. The summed E-state index contributed by atoms with van der Waals surface area (Å²) in [6.45, 7) is 4.11. The molecule has 0 spiro atoms. The highest BCUT2D eigenvalue weighted by atomic mass is 16.2. The maximum absolute atomic E-state index is 13.0. The van der Waals surface area contributed by atoms with E-state index in [1.807, 2.05) is 37.3 Å². The Balaban J connectivity index is 2.26. The molecule has 0 atom stereocenters. The largest absolute Gasteiger partial charge is 0.333 e. The van der Waals surface area contributed by atoms with Crippen molar-refractivity contribution in [3.63, 3.8) is 0 Å². The second-order valence-electron chi connectivity index (χ2n) is 6.06. The van der Waals surface area contributed by atoms with Crippen LogP contribution in [0.25, 0.3) is 11.2 Å². The molecule has 130 valence electrons. The number of rotatable bonds is 6. The van der Waals surface area contributed by atoms with Crippen molar-refractivity contribution in [3.8, 4) is 0 Å². The lowest BCUT2D eigenvalue weighted by molar-refractivity contribution is -0.117. The fraction of sp³-hybridized carbons (Fsp3) is 0.333. The molecule has 0 fully saturated rings. The summed E-state index contributed by atoms with van der Waals surface area (Å²) in [7, 11) is 0. The van der Waals surface area contributed by atoms with E-state index >= 15 is 0 Å². The van der Waals surface area contributed by atoms with Crippen LogP contribution in [0, 0.1) is 0 Å². The number of Topliss-reactive ketones (excluding diaryl/α,β-unsaturated/α-hetero) is 1. The zero-order valence-corrected chi connectivity index (χ0v) is 14.3. The minimum absolute atomic E-state index is 0.0570. The van der Waals surface area contributed by atoms with Crippen molar-refractivity contribution >= 4 is 16.9 Å². The molecule has 2 aromatic heterocycles. The summed E-state index contributed by atoms with van der Waals surface area (Å²) in [4.78, 5) is 41.5. The van der Waals surface area contributed by atoms with E-state index < -0.39 is 5.56 Å². The fourth-order valence-corrected chi connectivity index (χ4v) is 2.93. The summed E-state index contributed by atoms with van der Waals surface area (Å²) in [5.74, 6) is -0.0819. The average Bonchev–Trinajstić information content (AvgIpc) is 2.99. The van der Waals surface area contributed by atoms with E-state index in [4.69, 9.17) is 0 Å². The molecule has 25 heavy (non-hydrogen) atoms. The summed E-state index contributed by atoms with van der Waals surface area (Å²) >= 11 is 0. The number of hydrogen-bond acceptors (Lipinski definition) is 4. The van der Waals surface area contributed by atoms with Crippen LogP contribution in [-0.4, -0.2) is 24.5 Å². The minimum atomic E-state index is -0.421. The van der Waals surface area contributed by atoms with Crippen LogP contribution in [0.4, 0.5) is 0 Å². The van der Waals surface area contributed by atoms with Crippen molar-refractivity contribution < 1.29 is 4.79 Å². The standard InChI is InChI=1S/C18H20N4O3/c1-3-9-21-16-15(20(12-19-16)10-13(2)23)17(24)22(18(21)25)11-14-7-5-4-6-8-14/h4-8,12H,3,9-11H2,1-2H3. The molecule has 0 aliphatic heterocycles. The molecule has 1 aromatic carbocycles. The first-order valence-electron chi connectivity index (χ1n) is 8.24. The Morgan fingerprint density at radius 1 is 1.12 bits per heavy atom. The molecule has 0 N–H and O–H groups in total. The second kappa shape index (κ2) is 6.88. The smallest absolute Gasteiger partial charge is 0.317 e. The van der Waals surface area contributed by atoms with E-state index in [2.05, 4.69) is 4.98 Å². The molecule has 2 heterocycles. The number of aromatic nitrogens is 4. The van der Waals surface area contributed by atoms with Gasteiger partial charge < -0.3 is 4.57 Å². The van der Waals surface area contributed by atoms with Gasteiger partial charge in [-0.3, -0.25) is 18.7 Å². The van der Waals surface area contributed by atoms with Crippen LogP contribution in [0.15, 0.2) is 46.2 Å². The van der Waals surface area contributed by atoms with Crippen molar-refractivity contribution in [1.29, 1.82) is 0 Å². The summed E-state index contributed by atoms with van der Waals surface area (Å²) in [5, 5.41) is 0. The van der Waals surface area contributed by atoms with Gasteiger partial charge in [-0.2, -0.15) is 0 Å². The first kappa shape index (κ1) is 16.9. The van der Waals surface area contributed by atoms with Gasteiger partial charge in [-0.25, -0.2) is 9.78 Å². The summed E-state index contributed by atoms with van der Waals surface area (Å²) in [6, 6.07) is 9.35. The van der Waals surface area contributed by atoms with Crippen molar-refractivity contribution in [2.24, 2.45) is 0 Å². The third-order valence-corrected chi connectivity index (χ3v) is 4.01. The summed E-state index contributed by atoms with van der Waals surface area (Å²) < 4.78 is 4.25. The van der Waals surface area contributed by atoms with Gasteiger partial charge in [0.15, 0.2) is 11.2 Å². The molecule has 0 bridgehead atoms. The van der Waals surface area contributed by atoms with Crippen molar-refractivity contribution in [2.75, 3.05) is 0 Å². The number of imidazole rings is 1. The maximum atomic E-state index is 13.0. The number of nitrogens with zero attached hydrogens (tertiary/aromatic N) is 4. The van der Waals surface area contributed by atoms with Gasteiger partial charge in [0.2, 0.25) is 0 Å². The molecule has 7 heteroatoms. The van der Waals surface area contributed by atoms with E-state index in [0.717, 1.165) is 12.0 Å². The summed E-state index contributed by atoms with van der Waals surface area (Å²) in [6.07, 6.45) is 2.18. The van der Waals surface area contributed by atoms with Gasteiger partial charge in [-0.15, -0.1) is 0 Å². The molecule has 0 saturated heterocycles. The molecule has 0 saturated carbocycles. The molecule has 3 aromatic rings. The van der Waals surface area contributed by atoms with Crippen molar-refractivity contribution in [2.45, 2.75) is 39.9 Å². The van der Waals surface area contributed by atoms with Gasteiger partial charge in [0, 0.05) is 6.54 Å². The number of hydrogen-bond donors (Lipinski definition) is 0. The minimum Gasteiger partial charge on any atom is -0.317 e. The highest BCUT2D eigenvalue weighted by Crippen LogP contribution is 2.08. The van der Waals surface area contributed by atoms with Crippen LogP contribution in [0.1, 0.15) is 25.8 Å². The Kier molecular flexibility index (Phi) is 4.65. The lowest BCUT2D eigenvalue weighted by Crippen LogP contribution is -2.41. The number of benzene rings is 1. The van der Waals surface area contributed by atoms with E-state index in [9.17, 15) is 14.4 Å². The van der Waals surface area contributed by atoms with Crippen LogP contribution in [0.5, 0.6) is 0 Å². The number of carbonyl (C=O) groups excluding carboxylic acids is 1. The summed E-state index contributed by atoms with van der Waals surface area (Å²) in [5.41, 5.74) is 0.689. The zero-order chi connectivity index (χ0) is 18.0. The Bertz CT molecular complexity index is 1030. The van der Waals surface area contributed by atoms with Crippen LogP contribution in [-0.2, 0) is 24.4 Å². The van der Waals surface area contributed by atoms with E-state index in [0.29, 0.717) is 17.7 Å². The van der Waals surface area contributed by atoms with Gasteiger partial charge in [0.05, 0.1) is 19.4 Å². The van der Waals surface area contributed by atoms with Gasteiger partial charge in [-0.1, -0.05) is 37.3 Å². The molecule has 7 nitrogen and oxygen atoms in total. The predicted molar refractivity (Wildman–Crippen MR) is 94.8 cm³/mol. The molecule has 0 unspecified atom stereocenters.